The summed E-state index contributed by atoms with van der Waals surface area (Å²) in [6.45, 7) is 0.321. The van der Waals surface area contributed by atoms with Crippen molar-refractivity contribution in [2.45, 2.75) is 6.54 Å². The molecule has 2 rings (SSSR count). The Bertz CT molecular complexity index is 484. The van der Waals surface area contributed by atoms with Crippen molar-refractivity contribution in [1.82, 2.24) is 4.98 Å². The summed E-state index contributed by atoms with van der Waals surface area (Å²) in [6.07, 6.45) is 1.69. The summed E-state index contributed by atoms with van der Waals surface area (Å²) >= 11 is 5.73. The Labute approximate surface area is 109 Å². The van der Waals surface area contributed by atoms with Crippen LogP contribution in [0.15, 0.2) is 33.3 Å². The van der Waals surface area contributed by atoms with Crippen LogP contribution in [-0.4, -0.2) is 4.98 Å². The molecule has 1 aromatic heterocycles. The number of hydrogen-bond acceptors (Lipinski definition) is 3. The molecule has 0 aliphatic carbocycles. The highest BCUT2D eigenvalue weighted by molar-refractivity contribution is 14.1. The van der Waals surface area contributed by atoms with Crippen molar-refractivity contribution in [2.75, 3.05) is 0 Å². The molecule has 0 unspecified atom stereocenters. The van der Waals surface area contributed by atoms with Crippen molar-refractivity contribution in [3.05, 3.63) is 38.3 Å². The van der Waals surface area contributed by atoms with Crippen molar-refractivity contribution in [3.63, 3.8) is 0 Å². The fraction of sp³-hybridized carbons (Fsp3) is 0.100. The maximum Gasteiger partial charge on any atom is 0.208 e. The topological polar surface area (TPSA) is 52.0 Å². The van der Waals surface area contributed by atoms with Crippen LogP contribution in [0.1, 0.15) is 5.89 Å². The molecule has 78 valence electrons. The Kier molecular flexibility index (Phi) is 3.42. The molecule has 0 aliphatic rings. The summed E-state index contributed by atoms with van der Waals surface area (Å²) in [6, 6.07) is 6.04. The van der Waals surface area contributed by atoms with Crippen LogP contribution in [0.5, 0.6) is 0 Å². The predicted octanol–water partition coefficient (Wildman–Crippen LogP) is 3.17. The quantitative estimate of drug-likeness (QED) is 0.816. The van der Waals surface area contributed by atoms with Crippen molar-refractivity contribution in [1.29, 1.82) is 0 Å². The molecule has 0 fully saturated rings. The molecule has 3 nitrogen and oxygen atoms in total. The average molecular weight is 379 g/mol. The van der Waals surface area contributed by atoms with E-state index in [4.69, 9.17) is 10.2 Å². The number of hydrogen-bond donors (Lipinski definition) is 1. The molecule has 2 aromatic rings. The maximum atomic E-state index is 5.49. The van der Waals surface area contributed by atoms with Crippen LogP contribution in [0.2, 0.25) is 0 Å². The van der Waals surface area contributed by atoms with Gasteiger partial charge in [-0.05, 0) is 40.8 Å². The number of oxazole rings is 1. The monoisotopic (exact) mass is 378 g/mol. The molecular weight excluding hydrogens is 371 g/mol. The van der Waals surface area contributed by atoms with E-state index in [0.717, 1.165) is 19.4 Å². The molecule has 0 saturated carbocycles. The summed E-state index contributed by atoms with van der Waals surface area (Å²) in [5.74, 6) is 1.29. The van der Waals surface area contributed by atoms with Gasteiger partial charge in [-0.2, -0.15) is 0 Å². The molecule has 2 N–H and O–H groups in total. The van der Waals surface area contributed by atoms with Gasteiger partial charge in [0.2, 0.25) is 5.89 Å². The van der Waals surface area contributed by atoms with E-state index in [0.29, 0.717) is 12.4 Å². The first-order chi connectivity index (χ1) is 7.20. The van der Waals surface area contributed by atoms with Gasteiger partial charge in [-0.1, -0.05) is 15.9 Å². The lowest BCUT2D eigenvalue weighted by atomic mass is 10.2. The standard InChI is InChI=1S/C10H8BrIN2O/c11-8-2-1-6(12)3-7(8)9-5-14-10(4-13)15-9/h1-3,5H,4,13H2. The molecule has 0 radical (unpaired) electrons. The Hall–Kier alpha value is -0.400. The zero-order valence-electron chi connectivity index (χ0n) is 7.71. The van der Waals surface area contributed by atoms with Crippen LogP contribution in [-0.2, 0) is 6.54 Å². The molecule has 0 aliphatic heterocycles. The van der Waals surface area contributed by atoms with Gasteiger partial charge in [-0.15, -0.1) is 0 Å². The van der Waals surface area contributed by atoms with Gasteiger partial charge in [-0.25, -0.2) is 4.98 Å². The number of nitrogens with zero attached hydrogens (tertiary/aromatic N) is 1. The van der Waals surface area contributed by atoms with Crippen molar-refractivity contribution in [2.24, 2.45) is 5.73 Å². The maximum absolute atomic E-state index is 5.49. The van der Waals surface area contributed by atoms with E-state index in [2.05, 4.69) is 43.5 Å². The predicted molar refractivity (Wildman–Crippen MR) is 70.2 cm³/mol. The van der Waals surface area contributed by atoms with Crippen LogP contribution < -0.4 is 5.73 Å². The van der Waals surface area contributed by atoms with Gasteiger partial charge in [0.25, 0.3) is 0 Å². The minimum absolute atomic E-state index is 0.321. The normalized spacial score (nSPS) is 10.6. The van der Waals surface area contributed by atoms with Crippen LogP contribution >= 0.6 is 38.5 Å². The summed E-state index contributed by atoms with van der Waals surface area (Å²) in [7, 11) is 0. The molecule has 0 spiro atoms. The van der Waals surface area contributed by atoms with Crippen molar-refractivity contribution in [3.8, 4) is 11.3 Å². The molecule has 0 amide bonds. The Morgan fingerprint density at radius 3 is 2.93 bits per heavy atom. The lowest BCUT2D eigenvalue weighted by Gasteiger charge is -2.00. The lowest BCUT2D eigenvalue weighted by Crippen LogP contribution is -1.94. The van der Waals surface area contributed by atoms with E-state index in [1.807, 2.05) is 18.2 Å². The summed E-state index contributed by atoms with van der Waals surface area (Å²) < 4.78 is 7.62. The largest absolute Gasteiger partial charge is 0.439 e. The zero-order valence-corrected chi connectivity index (χ0v) is 11.4. The first kappa shape index (κ1) is 11.1. The molecule has 15 heavy (non-hydrogen) atoms. The fourth-order valence-electron chi connectivity index (χ4n) is 1.22. The third kappa shape index (κ3) is 2.40. The fourth-order valence-corrected chi connectivity index (χ4v) is 2.15. The van der Waals surface area contributed by atoms with E-state index in [1.54, 1.807) is 6.20 Å². The molecule has 5 heteroatoms. The molecule has 0 atom stereocenters. The van der Waals surface area contributed by atoms with Gasteiger partial charge in [-0.3, -0.25) is 0 Å². The van der Waals surface area contributed by atoms with Gasteiger partial charge in [0.15, 0.2) is 5.76 Å². The Morgan fingerprint density at radius 2 is 2.27 bits per heavy atom. The number of rotatable bonds is 2. The van der Waals surface area contributed by atoms with Gasteiger partial charge < -0.3 is 10.2 Å². The zero-order chi connectivity index (χ0) is 10.8. The lowest BCUT2D eigenvalue weighted by molar-refractivity contribution is 0.509. The second-order valence-electron chi connectivity index (χ2n) is 2.95. The first-order valence-electron chi connectivity index (χ1n) is 4.31. The highest BCUT2D eigenvalue weighted by atomic mass is 127. The third-order valence-corrected chi connectivity index (χ3v) is 3.28. The summed E-state index contributed by atoms with van der Waals surface area (Å²) in [4.78, 5) is 4.07. The second-order valence-corrected chi connectivity index (χ2v) is 5.05. The number of aromatic nitrogens is 1. The Morgan fingerprint density at radius 1 is 1.47 bits per heavy atom. The molecule has 0 saturated heterocycles. The first-order valence-corrected chi connectivity index (χ1v) is 6.18. The van der Waals surface area contributed by atoms with Gasteiger partial charge >= 0.3 is 0 Å². The van der Waals surface area contributed by atoms with E-state index in [-0.39, 0.29) is 0 Å². The van der Waals surface area contributed by atoms with E-state index in [9.17, 15) is 0 Å². The number of nitrogens with two attached hydrogens (primary N) is 1. The van der Waals surface area contributed by atoms with Crippen molar-refractivity contribution >= 4 is 38.5 Å². The highest BCUT2D eigenvalue weighted by Crippen LogP contribution is 2.30. The minimum Gasteiger partial charge on any atom is -0.439 e. The van der Waals surface area contributed by atoms with Crippen LogP contribution in [0.25, 0.3) is 11.3 Å². The van der Waals surface area contributed by atoms with E-state index < -0.39 is 0 Å². The Balaban J connectivity index is 2.48. The summed E-state index contributed by atoms with van der Waals surface area (Å²) in [5, 5.41) is 0. The second kappa shape index (κ2) is 4.63. The van der Waals surface area contributed by atoms with Gasteiger partial charge in [0.05, 0.1) is 12.7 Å². The molecule has 1 aromatic carbocycles. The molecule has 0 bridgehead atoms. The van der Waals surface area contributed by atoms with E-state index in [1.165, 1.54) is 0 Å². The third-order valence-electron chi connectivity index (χ3n) is 1.92. The molecule has 1 heterocycles. The van der Waals surface area contributed by atoms with Crippen LogP contribution in [0, 0.1) is 3.57 Å². The van der Waals surface area contributed by atoms with Crippen LogP contribution in [0.3, 0.4) is 0 Å². The minimum atomic E-state index is 0.321. The van der Waals surface area contributed by atoms with Gasteiger partial charge in [0.1, 0.15) is 0 Å². The highest BCUT2D eigenvalue weighted by Gasteiger charge is 2.09. The summed E-state index contributed by atoms with van der Waals surface area (Å²) in [5.41, 5.74) is 6.43. The number of halogens is 2. The van der Waals surface area contributed by atoms with E-state index >= 15 is 0 Å². The molecular formula is C10H8BrIN2O. The SMILES string of the molecule is NCc1ncc(-c2cc(I)ccc2Br)o1. The van der Waals surface area contributed by atoms with Gasteiger partial charge in [0, 0.05) is 13.6 Å². The smallest absolute Gasteiger partial charge is 0.208 e. The van der Waals surface area contributed by atoms with Crippen molar-refractivity contribution < 1.29 is 4.42 Å². The average Bonchev–Trinajstić information content (AvgIpc) is 2.70. The number of benzene rings is 1. The van der Waals surface area contributed by atoms with Crippen LogP contribution in [0.4, 0.5) is 0 Å².